The Morgan fingerprint density at radius 1 is 1.50 bits per heavy atom. The molecule has 0 saturated carbocycles. The Hall–Kier alpha value is -0.210. The minimum Gasteiger partial charge on any atom is -0.724 e. The van der Waals surface area contributed by atoms with Crippen LogP contribution in [-0.2, 0) is 19.6 Å². The van der Waals surface area contributed by atoms with Gasteiger partial charge in [0.05, 0.1) is 7.11 Å². The maximum atomic E-state index is 9.33. The van der Waals surface area contributed by atoms with Crippen molar-refractivity contribution in [1.29, 1.82) is 0 Å². The van der Waals surface area contributed by atoms with Crippen molar-refractivity contribution in [2.75, 3.05) is 7.11 Å². The molecule has 0 aromatic carbocycles. The standard InChI is InChI=1S/CH4O5S.H3N/c1-5-6-7(2,3)4;/h1H3,(H,2,3,4);1H3. The summed E-state index contributed by atoms with van der Waals surface area (Å²) in [5.74, 6) is 0. The predicted octanol–water partition coefficient (Wildman–Crippen LogP) is -0.599. The first-order chi connectivity index (χ1) is 3.06. The molecule has 8 heavy (non-hydrogen) atoms. The van der Waals surface area contributed by atoms with E-state index >= 15 is 0 Å². The van der Waals surface area contributed by atoms with Gasteiger partial charge < -0.3 is 10.7 Å². The van der Waals surface area contributed by atoms with E-state index in [9.17, 15) is 13.0 Å². The molecule has 0 bridgehead atoms. The zero-order chi connectivity index (χ0) is 5.91. The highest BCUT2D eigenvalue weighted by molar-refractivity contribution is 7.80. The van der Waals surface area contributed by atoms with E-state index in [2.05, 4.69) is 9.22 Å². The Labute approximate surface area is 46.9 Å². The van der Waals surface area contributed by atoms with Crippen molar-refractivity contribution in [2.24, 2.45) is 0 Å². The van der Waals surface area contributed by atoms with Gasteiger partial charge >= 0.3 is 0 Å². The van der Waals surface area contributed by atoms with E-state index in [1.54, 1.807) is 0 Å². The van der Waals surface area contributed by atoms with Gasteiger partial charge in [0.25, 0.3) is 0 Å². The SMILES string of the molecule is COOS(=O)(=O)[O-].[NH4+]. The third kappa shape index (κ3) is 9.25. The molecule has 0 fully saturated rings. The van der Waals surface area contributed by atoms with E-state index in [1.165, 1.54) is 0 Å². The fourth-order valence-corrected chi connectivity index (χ4v) is 0.250. The van der Waals surface area contributed by atoms with E-state index in [4.69, 9.17) is 0 Å². The van der Waals surface area contributed by atoms with Crippen LogP contribution in [0.2, 0.25) is 0 Å². The molecule has 0 radical (unpaired) electrons. The van der Waals surface area contributed by atoms with Crippen LogP contribution in [0.15, 0.2) is 0 Å². The minimum absolute atomic E-state index is 0. The van der Waals surface area contributed by atoms with Crippen LogP contribution in [-0.4, -0.2) is 20.1 Å². The highest BCUT2D eigenvalue weighted by Gasteiger charge is 1.87. The molecule has 0 aliphatic rings. The molecule has 0 rings (SSSR count). The summed E-state index contributed by atoms with van der Waals surface area (Å²) in [6.45, 7) is 0. The highest BCUT2D eigenvalue weighted by Crippen LogP contribution is 1.81. The van der Waals surface area contributed by atoms with Crippen LogP contribution in [0, 0.1) is 0 Å². The zero-order valence-corrected chi connectivity index (χ0v) is 5.27. The molecule has 0 aliphatic carbocycles. The van der Waals surface area contributed by atoms with E-state index in [0.29, 0.717) is 0 Å². The van der Waals surface area contributed by atoms with Gasteiger partial charge in [0.1, 0.15) is 0 Å². The van der Waals surface area contributed by atoms with Crippen LogP contribution < -0.4 is 6.15 Å². The second-order valence-corrected chi connectivity index (χ2v) is 1.60. The molecule has 0 spiro atoms. The predicted molar refractivity (Wildman–Crippen MR) is 23.8 cm³/mol. The van der Waals surface area contributed by atoms with Gasteiger partial charge in [-0.25, -0.2) is 13.3 Å². The first-order valence-electron chi connectivity index (χ1n) is 1.24. The normalized spacial score (nSPS) is 10.2. The number of hydrogen-bond acceptors (Lipinski definition) is 5. The number of rotatable bonds is 2. The lowest BCUT2D eigenvalue weighted by Crippen LogP contribution is -2.01. The van der Waals surface area contributed by atoms with Crippen LogP contribution >= 0.6 is 0 Å². The van der Waals surface area contributed by atoms with E-state index < -0.39 is 10.4 Å². The molecule has 0 aliphatic heterocycles. The monoisotopic (exact) mass is 145 g/mol. The maximum absolute atomic E-state index is 9.33. The summed E-state index contributed by atoms with van der Waals surface area (Å²) >= 11 is 0. The van der Waals surface area contributed by atoms with Crippen molar-refractivity contribution >= 4 is 10.4 Å². The van der Waals surface area contributed by atoms with Crippen LogP contribution in [0.5, 0.6) is 0 Å². The molecule has 0 heterocycles. The van der Waals surface area contributed by atoms with Crippen LogP contribution in [0.4, 0.5) is 0 Å². The zero-order valence-electron chi connectivity index (χ0n) is 4.45. The summed E-state index contributed by atoms with van der Waals surface area (Å²) in [7, 11) is -3.72. The van der Waals surface area contributed by atoms with Gasteiger partial charge in [-0.05, 0) is 0 Å². The van der Waals surface area contributed by atoms with Gasteiger partial charge in [-0.15, -0.1) is 4.33 Å². The second kappa shape index (κ2) is 3.75. The van der Waals surface area contributed by atoms with Gasteiger partial charge in [-0.3, -0.25) is 0 Å². The van der Waals surface area contributed by atoms with Gasteiger partial charge in [0, 0.05) is 0 Å². The lowest BCUT2D eigenvalue weighted by molar-refractivity contribution is -0.180. The summed E-state index contributed by atoms with van der Waals surface area (Å²) in [5, 5.41) is 0. The van der Waals surface area contributed by atoms with E-state index in [-0.39, 0.29) is 6.15 Å². The average Bonchev–Trinajstić information content (AvgIpc) is 1.30. The van der Waals surface area contributed by atoms with Gasteiger partial charge in [0.2, 0.25) is 10.4 Å². The summed E-state index contributed by atoms with van der Waals surface area (Å²) < 4.78 is 31.1. The molecule has 7 heteroatoms. The first-order valence-corrected chi connectivity index (χ1v) is 2.57. The van der Waals surface area contributed by atoms with Crippen LogP contribution in [0.25, 0.3) is 0 Å². The number of hydrogen-bond donors (Lipinski definition) is 1. The second-order valence-electron chi connectivity index (χ2n) is 0.643. The molecule has 0 saturated heterocycles. The molecule has 4 N–H and O–H groups in total. The van der Waals surface area contributed by atoms with Gasteiger partial charge in [-0.2, -0.15) is 0 Å². The largest absolute Gasteiger partial charge is 0.724 e. The van der Waals surface area contributed by atoms with Crippen molar-refractivity contribution in [3.63, 3.8) is 0 Å². The molecule has 6 nitrogen and oxygen atoms in total. The van der Waals surface area contributed by atoms with Crippen molar-refractivity contribution in [2.45, 2.75) is 0 Å². The van der Waals surface area contributed by atoms with E-state index in [0.717, 1.165) is 7.11 Å². The van der Waals surface area contributed by atoms with E-state index in [1.807, 2.05) is 0 Å². The third-order valence-corrected chi connectivity index (χ3v) is 0.454. The molecule has 0 unspecified atom stereocenters. The molecule has 0 aromatic rings. The molecule has 0 atom stereocenters. The number of quaternary nitrogens is 1. The van der Waals surface area contributed by atoms with Gasteiger partial charge in [-0.1, -0.05) is 0 Å². The van der Waals surface area contributed by atoms with Gasteiger partial charge in [0.15, 0.2) is 0 Å². The van der Waals surface area contributed by atoms with Crippen molar-refractivity contribution < 1.29 is 22.2 Å². The quantitative estimate of drug-likeness (QED) is 0.241. The molecule has 52 valence electrons. The Balaban J connectivity index is 0. The summed E-state index contributed by atoms with van der Waals surface area (Å²) in [4.78, 5) is 3.51. The molecule has 0 amide bonds. The van der Waals surface area contributed by atoms with Crippen LogP contribution in [0.1, 0.15) is 0 Å². The first kappa shape index (κ1) is 10.7. The van der Waals surface area contributed by atoms with Crippen molar-refractivity contribution in [1.82, 2.24) is 6.15 Å². The minimum atomic E-state index is -4.65. The summed E-state index contributed by atoms with van der Waals surface area (Å²) in [6, 6.07) is 0. The van der Waals surface area contributed by atoms with Crippen molar-refractivity contribution in [3.8, 4) is 0 Å². The molecular weight excluding hydrogens is 138 g/mol. The summed E-state index contributed by atoms with van der Waals surface area (Å²) in [5.41, 5.74) is 0. The Morgan fingerprint density at radius 2 is 1.88 bits per heavy atom. The maximum Gasteiger partial charge on any atom is 0.245 e. The Morgan fingerprint density at radius 3 is 1.88 bits per heavy atom. The highest BCUT2D eigenvalue weighted by atomic mass is 32.3. The summed E-state index contributed by atoms with van der Waals surface area (Å²) in [6.07, 6.45) is 0. The fraction of sp³-hybridized carbons (Fsp3) is 1.00. The lowest BCUT2D eigenvalue weighted by atomic mass is 11.8. The topological polar surface area (TPSA) is 112 Å². The molecular formula is CH7NO5S. The van der Waals surface area contributed by atoms with Crippen LogP contribution in [0.3, 0.4) is 0 Å². The fourth-order valence-electron chi connectivity index (χ4n) is 0.0833. The average molecular weight is 145 g/mol. The Bertz CT molecular complexity index is 125. The smallest absolute Gasteiger partial charge is 0.245 e. The molecule has 0 aromatic heterocycles. The third-order valence-electron chi connectivity index (χ3n) is 0.151. The van der Waals surface area contributed by atoms with Crippen molar-refractivity contribution in [3.05, 3.63) is 0 Å². The lowest BCUT2D eigenvalue weighted by Gasteiger charge is -2.00. The Kier molecular flexibility index (Phi) is 5.02.